The molecule has 29 heavy (non-hydrogen) atoms. The SMILES string of the molecule is C1CCCCC1.C=COC=C.CCCCCCCCCCCC(O)O.CO.CO. The van der Waals surface area contributed by atoms with E-state index in [1.807, 2.05) is 0 Å². The Balaban J connectivity index is -0.000000171. The molecule has 0 spiro atoms. The summed E-state index contributed by atoms with van der Waals surface area (Å²) in [5.41, 5.74) is 0. The summed E-state index contributed by atoms with van der Waals surface area (Å²) in [7, 11) is 2.00. The Hall–Kier alpha value is -0.880. The van der Waals surface area contributed by atoms with Crippen LogP contribution in [0, 0.1) is 0 Å². The summed E-state index contributed by atoms with van der Waals surface area (Å²) < 4.78 is 4.36. The fourth-order valence-electron chi connectivity index (χ4n) is 2.77. The Morgan fingerprint density at radius 1 is 0.655 bits per heavy atom. The lowest BCUT2D eigenvalue weighted by atomic mass is 10.0. The Morgan fingerprint density at radius 2 is 0.966 bits per heavy atom. The van der Waals surface area contributed by atoms with Crippen molar-refractivity contribution in [3.8, 4) is 0 Å². The average molecular weight is 421 g/mol. The monoisotopic (exact) mass is 420 g/mol. The summed E-state index contributed by atoms with van der Waals surface area (Å²) >= 11 is 0. The van der Waals surface area contributed by atoms with Crippen LogP contribution in [0.4, 0.5) is 0 Å². The first-order valence-corrected chi connectivity index (χ1v) is 11.3. The first kappa shape index (κ1) is 35.6. The van der Waals surface area contributed by atoms with Crippen LogP contribution >= 0.6 is 0 Å². The van der Waals surface area contributed by atoms with Crippen LogP contribution < -0.4 is 0 Å². The van der Waals surface area contributed by atoms with Crippen molar-refractivity contribution in [3.05, 3.63) is 25.7 Å². The third kappa shape index (κ3) is 52.1. The molecule has 0 saturated heterocycles. The lowest BCUT2D eigenvalue weighted by Crippen LogP contribution is -2.02. The van der Waals surface area contributed by atoms with Crippen molar-refractivity contribution in [3.63, 3.8) is 0 Å². The molecule has 1 saturated carbocycles. The highest BCUT2D eigenvalue weighted by Gasteiger charge is 1.97. The van der Waals surface area contributed by atoms with Gasteiger partial charge < -0.3 is 25.2 Å². The van der Waals surface area contributed by atoms with E-state index in [9.17, 15) is 0 Å². The highest BCUT2D eigenvalue weighted by molar-refractivity contribution is 4.57. The molecule has 0 radical (unpaired) electrons. The van der Waals surface area contributed by atoms with E-state index in [1.165, 1.54) is 96.0 Å². The Morgan fingerprint density at radius 3 is 1.21 bits per heavy atom. The Kier molecular flexibility index (Phi) is 50.8. The number of hydrogen-bond acceptors (Lipinski definition) is 5. The maximum atomic E-state index is 8.61. The zero-order valence-electron chi connectivity index (χ0n) is 19.7. The minimum atomic E-state index is -1.10. The second kappa shape index (κ2) is 41.5. The number of aliphatic hydroxyl groups excluding tert-OH is 3. The van der Waals surface area contributed by atoms with Crippen LogP contribution in [0.2, 0.25) is 0 Å². The normalized spacial score (nSPS) is 11.7. The quantitative estimate of drug-likeness (QED) is 0.175. The maximum Gasteiger partial charge on any atom is 0.151 e. The number of ether oxygens (including phenoxy) is 1. The van der Waals surface area contributed by atoms with E-state index >= 15 is 0 Å². The summed E-state index contributed by atoms with van der Waals surface area (Å²) in [4.78, 5) is 0. The van der Waals surface area contributed by atoms with Crippen molar-refractivity contribution in [2.45, 2.75) is 116 Å². The van der Waals surface area contributed by atoms with Crippen molar-refractivity contribution in [1.82, 2.24) is 0 Å². The van der Waals surface area contributed by atoms with Crippen LogP contribution in [0.1, 0.15) is 110 Å². The van der Waals surface area contributed by atoms with Gasteiger partial charge in [0.15, 0.2) is 6.29 Å². The van der Waals surface area contributed by atoms with Crippen molar-refractivity contribution in [2.24, 2.45) is 0 Å². The second-order valence-corrected chi connectivity index (χ2v) is 6.69. The Bertz CT molecular complexity index is 236. The van der Waals surface area contributed by atoms with Gasteiger partial charge in [-0.3, -0.25) is 0 Å². The largest absolute Gasteiger partial charge is 0.474 e. The molecule has 1 aliphatic rings. The van der Waals surface area contributed by atoms with Crippen molar-refractivity contribution >= 4 is 0 Å². The third-order valence-electron chi connectivity index (χ3n) is 4.26. The van der Waals surface area contributed by atoms with Crippen molar-refractivity contribution in [2.75, 3.05) is 14.2 Å². The van der Waals surface area contributed by atoms with E-state index in [4.69, 9.17) is 20.4 Å². The molecule has 0 aromatic rings. The molecule has 178 valence electrons. The number of unbranched alkanes of at least 4 members (excludes halogenated alkanes) is 8. The first-order chi connectivity index (χ1) is 14.2. The van der Waals surface area contributed by atoms with Crippen LogP contribution in [0.3, 0.4) is 0 Å². The minimum absolute atomic E-state index is 0.538. The topological polar surface area (TPSA) is 90.2 Å². The minimum Gasteiger partial charge on any atom is -0.474 e. The molecule has 0 aromatic carbocycles. The van der Waals surface area contributed by atoms with E-state index in [1.54, 1.807) is 0 Å². The van der Waals surface area contributed by atoms with Gasteiger partial charge in [0.05, 0.1) is 12.5 Å². The lowest BCUT2D eigenvalue weighted by Gasteiger charge is -2.05. The molecule has 4 N–H and O–H groups in total. The van der Waals surface area contributed by atoms with Crippen LogP contribution in [-0.2, 0) is 4.74 Å². The molecule has 1 fully saturated rings. The number of hydrogen-bond donors (Lipinski definition) is 4. The van der Waals surface area contributed by atoms with E-state index in [0.717, 1.165) is 27.1 Å². The van der Waals surface area contributed by atoms with Crippen molar-refractivity contribution < 1.29 is 25.2 Å². The predicted molar refractivity (Wildman–Crippen MR) is 126 cm³/mol. The van der Waals surface area contributed by atoms with Gasteiger partial charge in [0.25, 0.3) is 0 Å². The maximum absolute atomic E-state index is 8.61. The van der Waals surface area contributed by atoms with Gasteiger partial charge in [0, 0.05) is 14.2 Å². The van der Waals surface area contributed by atoms with E-state index < -0.39 is 6.29 Å². The summed E-state index contributed by atoms with van der Waals surface area (Å²) in [5, 5.41) is 31.2. The molecule has 0 aliphatic heterocycles. The average Bonchev–Trinajstić information content (AvgIpc) is 2.78. The highest BCUT2D eigenvalue weighted by Crippen LogP contribution is 2.15. The van der Waals surface area contributed by atoms with Gasteiger partial charge in [-0.1, -0.05) is 110 Å². The first-order valence-electron chi connectivity index (χ1n) is 11.3. The Labute approximate surface area is 181 Å². The number of rotatable bonds is 12. The summed E-state index contributed by atoms with van der Waals surface area (Å²) in [6.45, 7) is 8.75. The summed E-state index contributed by atoms with van der Waals surface area (Å²) in [6, 6.07) is 0. The molecule has 0 aromatic heterocycles. The van der Waals surface area contributed by atoms with E-state index in [0.29, 0.717) is 6.42 Å². The van der Waals surface area contributed by atoms with E-state index in [-0.39, 0.29) is 0 Å². The molecule has 0 amide bonds. The molecule has 1 aliphatic carbocycles. The zero-order valence-corrected chi connectivity index (χ0v) is 19.7. The molecule has 0 heterocycles. The van der Waals surface area contributed by atoms with Gasteiger partial charge in [-0.15, -0.1) is 0 Å². The highest BCUT2D eigenvalue weighted by atomic mass is 16.5. The van der Waals surface area contributed by atoms with Crippen LogP contribution in [0.5, 0.6) is 0 Å². The molecule has 5 nitrogen and oxygen atoms in total. The standard InChI is InChI=1S/C12H26O2.C6H12.C4H6O.2CH4O/c1-2-3-4-5-6-7-8-9-10-11-12(13)14;1-2-4-6-5-3-1;1-3-5-4-2;2*1-2/h12-14H,2-11H2,1H3;1-6H2;3-4H,1-2H2;2*2H,1H3. The molecule has 5 heteroatoms. The van der Waals surface area contributed by atoms with E-state index in [2.05, 4.69) is 24.8 Å². The van der Waals surface area contributed by atoms with Crippen LogP contribution in [-0.4, -0.2) is 40.9 Å². The molecular formula is C24H52O5. The predicted octanol–water partition coefficient (Wildman–Crippen LogP) is 6.07. The molecule has 0 atom stereocenters. The second-order valence-electron chi connectivity index (χ2n) is 6.69. The van der Waals surface area contributed by atoms with Gasteiger partial charge in [0.1, 0.15) is 0 Å². The fourth-order valence-corrected chi connectivity index (χ4v) is 2.77. The van der Waals surface area contributed by atoms with Gasteiger partial charge in [-0.05, 0) is 12.8 Å². The number of aliphatic hydroxyl groups is 4. The third-order valence-corrected chi connectivity index (χ3v) is 4.26. The van der Waals surface area contributed by atoms with Crippen molar-refractivity contribution in [1.29, 1.82) is 0 Å². The molecule has 1 rings (SSSR count). The van der Waals surface area contributed by atoms with Gasteiger partial charge in [-0.2, -0.15) is 0 Å². The van der Waals surface area contributed by atoms with Gasteiger partial charge >= 0.3 is 0 Å². The summed E-state index contributed by atoms with van der Waals surface area (Å²) in [5.74, 6) is 0. The smallest absolute Gasteiger partial charge is 0.151 e. The summed E-state index contributed by atoms with van der Waals surface area (Å²) in [6.07, 6.45) is 22.5. The zero-order chi connectivity index (χ0) is 23.0. The lowest BCUT2D eigenvalue weighted by molar-refractivity contribution is -0.0466. The fraction of sp³-hybridized carbons (Fsp3) is 0.833. The van der Waals surface area contributed by atoms with Gasteiger partial charge in [0.2, 0.25) is 0 Å². The van der Waals surface area contributed by atoms with Crippen LogP contribution in [0.25, 0.3) is 0 Å². The molecule has 0 unspecified atom stereocenters. The van der Waals surface area contributed by atoms with Crippen LogP contribution in [0.15, 0.2) is 25.7 Å². The van der Waals surface area contributed by atoms with Gasteiger partial charge in [-0.25, -0.2) is 0 Å². The molecule has 0 bridgehead atoms. The molecular weight excluding hydrogens is 368 g/mol.